The maximum absolute atomic E-state index is 11.4. The molecule has 3 rings (SSSR count). The fourth-order valence-corrected chi connectivity index (χ4v) is 3.04. The highest BCUT2D eigenvalue weighted by Gasteiger charge is 2.25. The van der Waals surface area contributed by atoms with E-state index in [2.05, 4.69) is 12.1 Å². The van der Waals surface area contributed by atoms with Crippen molar-refractivity contribution in [2.45, 2.75) is 45.4 Å². The van der Waals surface area contributed by atoms with E-state index in [0.29, 0.717) is 13.2 Å². The molecule has 0 saturated carbocycles. The molecule has 0 radical (unpaired) electrons. The summed E-state index contributed by atoms with van der Waals surface area (Å²) in [4.78, 5) is 13.2. The van der Waals surface area contributed by atoms with E-state index in [1.807, 2.05) is 62.1 Å². The fourth-order valence-electron chi connectivity index (χ4n) is 3.04. The number of hydrogen-bond acceptors (Lipinski definition) is 3. The summed E-state index contributed by atoms with van der Waals surface area (Å²) in [5, 5.41) is 0. The average Bonchev–Trinajstić information content (AvgIpc) is 2.59. The van der Waals surface area contributed by atoms with Gasteiger partial charge in [-0.25, -0.2) is 0 Å². The summed E-state index contributed by atoms with van der Waals surface area (Å²) in [6, 6.07) is 16.0. The summed E-state index contributed by atoms with van der Waals surface area (Å²) in [5.41, 5.74) is 2.29. The highest BCUT2D eigenvalue weighted by atomic mass is 16.5. The number of ether oxygens (including phenoxy) is 2. The Bertz CT molecular complexity index is 719. The molecule has 0 bridgehead atoms. The Labute approximate surface area is 149 Å². The van der Waals surface area contributed by atoms with Crippen molar-refractivity contribution >= 4 is 6.41 Å². The summed E-state index contributed by atoms with van der Waals surface area (Å²) < 4.78 is 11.7. The summed E-state index contributed by atoms with van der Waals surface area (Å²) >= 11 is 0. The van der Waals surface area contributed by atoms with Gasteiger partial charge in [0, 0.05) is 6.54 Å². The lowest BCUT2D eigenvalue weighted by atomic mass is 9.95. The van der Waals surface area contributed by atoms with Crippen LogP contribution in [0.4, 0.5) is 0 Å². The van der Waals surface area contributed by atoms with Crippen LogP contribution in [0.3, 0.4) is 0 Å². The summed E-state index contributed by atoms with van der Waals surface area (Å²) in [6.45, 7) is 7.18. The molecule has 1 aliphatic heterocycles. The standard InChI is InChI=1S/C21H25NO3/c1-21(2,3)25-20-10-8-19(9-11-20)24-14-18-12-16-6-4-5-7-17(16)13-22(18)15-23/h4-11,15,18H,12-14H2,1-3H3. The lowest BCUT2D eigenvalue weighted by Crippen LogP contribution is -2.43. The van der Waals surface area contributed by atoms with Crippen molar-refractivity contribution < 1.29 is 14.3 Å². The zero-order valence-corrected chi connectivity index (χ0v) is 15.1. The molecular formula is C21H25NO3. The molecule has 0 N–H and O–H groups in total. The topological polar surface area (TPSA) is 38.8 Å². The van der Waals surface area contributed by atoms with Crippen LogP contribution in [0.2, 0.25) is 0 Å². The van der Waals surface area contributed by atoms with Gasteiger partial charge >= 0.3 is 0 Å². The van der Waals surface area contributed by atoms with E-state index in [1.165, 1.54) is 11.1 Å². The van der Waals surface area contributed by atoms with Gasteiger partial charge in [0.05, 0.1) is 6.04 Å². The molecule has 1 heterocycles. The maximum Gasteiger partial charge on any atom is 0.210 e. The second-order valence-electron chi connectivity index (χ2n) is 7.40. The molecule has 132 valence electrons. The first-order valence-electron chi connectivity index (χ1n) is 8.64. The van der Waals surface area contributed by atoms with Crippen molar-refractivity contribution in [1.29, 1.82) is 0 Å². The highest BCUT2D eigenvalue weighted by Crippen LogP contribution is 2.24. The number of fused-ring (bicyclic) bond motifs is 1. The third-order valence-corrected chi connectivity index (χ3v) is 4.22. The molecule has 4 nitrogen and oxygen atoms in total. The first kappa shape index (κ1) is 17.3. The van der Waals surface area contributed by atoms with Crippen LogP contribution >= 0.6 is 0 Å². The van der Waals surface area contributed by atoms with E-state index in [4.69, 9.17) is 9.47 Å². The second kappa shape index (κ2) is 7.18. The van der Waals surface area contributed by atoms with Crippen LogP contribution in [-0.2, 0) is 17.8 Å². The number of amides is 1. The second-order valence-corrected chi connectivity index (χ2v) is 7.40. The Balaban J connectivity index is 1.62. The maximum atomic E-state index is 11.4. The first-order chi connectivity index (χ1) is 11.9. The molecule has 4 heteroatoms. The monoisotopic (exact) mass is 339 g/mol. The van der Waals surface area contributed by atoms with Crippen LogP contribution < -0.4 is 9.47 Å². The number of rotatable bonds is 5. The van der Waals surface area contributed by atoms with Gasteiger partial charge in [-0.1, -0.05) is 24.3 Å². The molecule has 0 saturated heterocycles. The zero-order valence-electron chi connectivity index (χ0n) is 15.1. The van der Waals surface area contributed by atoms with Crippen molar-refractivity contribution in [1.82, 2.24) is 4.90 Å². The van der Waals surface area contributed by atoms with Crippen LogP contribution in [-0.4, -0.2) is 29.6 Å². The molecule has 0 aliphatic carbocycles. The van der Waals surface area contributed by atoms with Gasteiger partial charge in [0.25, 0.3) is 0 Å². The van der Waals surface area contributed by atoms with Crippen LogP contribution in [0.5, 0.6) is 11.5 Å². The van der Waals surface area contributed by atoms with Crippen LogP contribution in [0.25, 0.3) is 0 Å². The SMILES string of the molecule is CC(C)(C)Oc1ccc(OCC2Cc3ccccc3CN2C=O)cc1. The Morgan fingerprint density at radius 1 is 1.04 bits per heavy atom. The van der Waals surface area contributed by atoms with Crippen LogP contribution in [0.1, 0.15) is 31.9 Å². The molecule has 2 aromatic rings. The zero-order chi connectivity index (χ0) is 17.9. The minimum Gasteiger partial charge on any atom is -0.491 e. The van der Waals surface area contributed by atoms with E-state index in [1.54, 1.807) is 0 Å². The average molecular weight is 339 g/mol. The van der Waals surface area contributed by atoms with Gasteiger partial charge in [0.2, 0.25) is 6.41 Å². The lowest BCUT2D eigenvalue weighted by molar-refractivity contribution is -0.121. The molecule has 1 atom stereocenters. The normalized spacial score (nSPS) is 16.9. The van der Waals surface area contributed by atoms with Gasteiger partial charge in [-0.3, -0.25) is 4.79 Å². The smallest absolute Gasteiger partial charge is 0.210 e. The molecule has 1 aliphatic rings. The van der Waals surface area contributed by atoms with Crippen molar-refractivity contribution in [3.63, 3.8) is 0 Å². The van der Waals surface area contributed by atoms with Crippen molar-refractivity contribution in [3.8, 4) is 11.5 Å². The number of benzene rings is 2. The molecule has 1 amide bonds. The van der Waals surface area contributed by atoms with E-state index < -0.39 is 0 Å². The molecule has 1 unspecified atom stereocenters. The summed E-state index contributed by atoms with van der Waals surface area (Å²) in [6.07, 6.45) is 1.74. The highest BCUT2D eigenvalue weighted by molar-refractivity contribution is 5.50. The largest absolute Gasteiger partial charge is 0.491 e. The predicted molar refractivity (Wildman–Crippen MR) is 97.9 cm³/mol. The molecule has 25 heavy (non-hydrogen) atoms. The third kappa shape index (κ3) is 4.53. The quantitative estimate of drug-likeness (QED) is 0.777. The van der Waals surface area contributed by atoms with Gasteiger partial charge in [-0.05, 0) is 62.6 Å². The number of carbonyl (C=O) groups is 1. The number of hydrogen-bond donors (Lipinski definition) is 0. The van der Waals surface area contributed by atoms with E-state index >= 15 is 0 Å². The van der Waals surface area contributed by atoms with E-state index in [9.17, 15) is 4.79 Å². The Morgan fingerprint density at radius 2 is 1.68 bits per heavy atom. The Kier molecular flexibility index (Phi) is 4.98. The van der Waals surface area contributed by atoms with Gasteiger partial charge in [0.1, 0.15) is 23.7 Å². The number of carbonyl (C=O) groups excluding carboxylic acids is 1. The van der Waals surface area contributed by atoms with Crippen molar-refractivity contribution in [2.75, 3.05) is 6.61 Å². The fraction of sp³-hybridized carbons (Fsp3) is 0.381. The van der Waals surface area contributed by atoms with Crippen molar-refractivity contribution in [3.05, 3.63) is 59.7 Å². The minimum atomic E-state index is -0.220. The van der Waals surface area contributed by atoms with Gasteiger partial charge in [0.15, 0.2) is 0 Å². The summed E-state index contributed by atoms with van der Waals surface area (Å²) in [5.74, 6) is 1.60. The van der Waals surface area contributed by atoms with Crippen LogP contribution in [0, 0.1) is 0 Å². The van der Waals surface area contributed by atoms with E-state index in [0.717, 1.165) is 24.3 Å². The Morgan fingerprint density at radius 3 is 2.32 bits per heavy atom. The molecule has 2 aromatic carbocycles. The number of nitrogens with zero attached hydrogens (tertiary/aromatic N) is 1. The van der Waals surface area contributed by atoms with Gasteiger partial charge in [-0.15, -0.1) is 0 Å². The van der Waals surface area contributed by atoms with Gasteiger partial charge < -0.3 is 14.4 Å². The summed E-state index contributed by atoms with van der Waals surface area (Å²) in [7, 11) is 0. The predicted octanol–water partition coefficient (Wildman–Crippen LogP) is 3.83. The van der Waals surface area contributed by atoms with Crippen LogP contribution in [0.15, 0.2) is 48.5 Å². The minimum absolute atomic E-state index is 0.0536. The van der Waals surface area contributed by atoms with E-state index in [-0.39, 0.29) is 11.6 Å². The lowest BCUT2D eigenvalue weighted by Gasteiger charge is -2.34. The van der Waals surface area contributed by atoms with Gasteiger partial charge in [-0.2, -0.15) is 0 Å². The first-order valence-corrected chi connectivity index (χ1v) is 8.64. The Hall–Kier alpha value is -2.49. The van der Waals surface area contributed by atoms with Crippen molar-refractivity contribution in [2.24, 2.45) is 0 Å². The molecule has 0 fully saturated rings. The molecular weight excluding hydrogens is 314 g/mol. The molecule has 0 aromatic heterocycles. The molecule has 0 spiro atoms. The third-order valence-electron chi connectivity index (χ3n) is 4.22.